The minimum absolute atomic E-state index is 0.216. The van der Waals surface area contributed by atoms with E-state index in [-0.39, 0.29) is 4.88 Å². The fraction of sp³-hybridized carbons (Fsp3) is 0.389. The summed E-state index contributed by atoms with van der Waals surface area (Å²) in [5, 5.41) is 18.9. The summed E-state index contributed by atoms with van der Waals surface area (Å²) in [7, 11) is 0. The molecule has 1 aromatic heterocycles. The number of carboxylic acid groups (broad SMARTS) is 1. The fourth-order valence-corrected chi connectivity index (χ4v) is 2.75. The highest BCUT2D eigenvalue weighted by atomic mass is 32.1. The quantitative estimate of drug-likeness (QED) is 0.844. The number of hydrogen-bond donors (Lipinski definition) is 1. The lowest BCUT2D eigenvalue weighted by Gasteiger charge is -2.10. The SMILES string of the molecule is CC.Cc1nc(-c2ccc(OCC(C)C)c(C#N)c2)sc1C(=O)O. The number of carboxylic acids is 1. The van der Waals surface area contributed by atoms with Crippen LogP contribution in [0, 0.1) is 24.2 Å². The molecule has 0 aliphatic carbocycles. The molecule has 2 aromatic rings. The molecule has 0 aliphatic rings. The molecule has 0 saturated heterocycles. The lowest BCUT2D eigenvalue weighted by molar-refractivity contribution is 0.0701. The van der Waals surface area contributed by atoms with Gasteiger partial charge in [0.15, 0.2) is 0 Å². The summed E-state index contributed by atoms with van der Waals surface area (Å²) in [5.41, 5.74) is 1.61. The van der Waals surface area contributed by atoms with Gasteiger partial charge in [0.1, 0.15) is 21.7 Å². The fourth-order valence-electron chi connectivity index (χ4n) is 1.85. The van der Waals surface area contributed by atoms with E-state index < -0.39 is 5.97 Å². The molecule has 0 saturated carbocycles. The van der Waals surface area contributed by atoms with Crippen molar-refractivity contribution in [1.29, 1.82) is 5.26 Å². The van der Waals surface area contributed by atoms with Crippen molar-refractivity contribution < 1.29 is 14.6 Å². The molecule has 0 unspecified atom stereocenters. The Labute approximate surface area is 146 Å². The van der Waals surface area contributed by atoms with Crippen molar-refractivity contribution in [2.24, 2.45) is 5.92 Å². The molecule has 1 N–H and O–H groups in total. The molecular weight excluding hydrogens is 324 g/mol. The molecule has 24 heavy (non-hydrogen) atoms. The molecule has 0 amide bonds. The number of benzene rings is 1. The predicted molar refractivity (Wildman–Crippen MR) is 95.6 cm³/mol. The van der Waals surface area contributed by atoms with Gasteiger partial charge in [0.25, 0.3) is 0 Å². The number of rotatable bonds is 5. The highest BCUT2D eigenvalue weighted by Gasteiger charge is 2.16. The van der Waals surface area contributed by atoms with Crippen LogP contribution in [0.15, 0.2) is 18.2 Å². The molecule has 0 aliphatic heterocycles. The normalized spacial score (nSPS) is 9.88. The molecule has 0 bridgehead atoms. The average Bonchev–Trinajstić information content (AvgIpc) is 2.96. The Kier molecular flexibility index (Phi) is 7.40. The minimum Gasteiger partial charge on any atom is -0.492 e. The van der Waals surface area contributed by atoms with Crippen molar-refractivity contribution >= 4 is 17.3 Å². The summed E-state index contributed by atoms with van der Waals surface area (Å²) in [6.07, 6.45) is 0. The van der Waals surface area contributed by atoms with Gasteiger partial charge in [0, 0.05) is 5.56 Å². The number of aryl methyl sites for hydroxylation is 1. The topological polar surface area (TPSA) is 83.2 Å². The van der Waals surface area contributed by atoms with Gasteiger partial charge < -0.3 is 9.84 Å². The number of carbonyl (C=O) groups is 1. The standard InChI is InChI=1S/C16H16N2O3S.C2H6/c1-9(2)8-21-13-5-4-11(6-12(13)7-17)15-18-10(3)14(22-15)16(19)20;1-2/h4-6,9H,8H2,1-3H3,(H,19,20);1-2H3. The molecule has 0 spiro atoms. The molecule has 0 radical (unpaired) electrons. The molecule has 128 valence electrons. The van der Waals surface area contributed by atoms with Crippen molar-refractivity contribution in [3.63, 3.8) is 0 Å². The molecule has 0 fully saturated rings. The number of nitrogens with zero attached hydrogens (tertiary/aromatic N) is 2. The van der Waals surface area contributed by atoms with Gasteiger partial charge in [-0.25, -0.2) is 9.78 Å². The van der Waals surface area contributed by atoms with Crippen molar-refractivity contribution in [2.45, 2.75) is 34.6 Å². The van der Waals surface area contributed by atoms with E-state index in [9.17, 15) is 10.1 Å². The van der Waals surface area contributed by atoms with Crippen LogP contribution in [0.2, 0.25) is 0 Å². The maximum Gasteiger partial charge on any atom is 0.347 e. The van der Waals surface area contributed by atoms with Gasteiger partial charge in [0.05, 0.1) is 17.9 Å². The largest absolute Gasteiger partial charge is 0.492 e. The van der Waals surface area contributed by atoms with E-state index in [1.165, 1.54) is 0 Å². The van der Waals surface area contributed by atoms with E-state index in [2.05, 4.69) is 11.1 Å². The molecule has 5 nitrogen and oxygen atoms in total. The summed E-state index contributed by atoms with van der Waals surface area (Å²) >= 11 is 1.10. The van der Waals surface area contributed by atoms with Crippen LogP contribution in [0.4, 0.5) is 0 Å². The highest BCUT2D eigenvalue weighted by molar-refractivity contribution is 7.17. The summed E-state index contributed by atoms with van der Waals surface area (Å²) in [6.45, 7) is 10.3. The number of thiazole rings is 1. The van der Waals surface area contributed by atoms with Crippen LogP contribution >= 0.6 is 11.3 Å². The molecule has 2 rings (SSSR count). The zero-order valence-electron chi connectivity index (χ0n) is 14.6. The monoisotopic (exact) mass is 346 g/mol. The van der Waals surface area contributed by atoms with Crippen LogP contribution in [0.1, 0.15) is 48.6 Å². The average molecular weight is 346 g/mol. The highest BCUT2D eigenvalue weighted by Crippen LogP contribution is 2.31. The maximum absolute atomic E-state index is 11.1. The van der Waals surface area contributed by atoms with Crippen LogP contribution in [0.5, 0.6) is 5.75 Å². The lowest BCUT2D eigenvalue weighted by Crippen LogP contribution is -2.05. The predicted octanol–water partition coefficient (Wildman–Crippen LogP) is 4.75. The van der Waals surface area contributed by atoms with E-state index in [0.29, 0.717) is 40.1 Å². The summed E-state index contributed by atoms with van der Waals surface area (Å²) < 4.78 is 5.61. The third-order valence-electron chi connectivity index (χ3n) is 2.91. The zero-order valence-corrected chi connectivity index (χ0v) is 15.4. The summed E-state index contributed by atoms with van der Waals surface area (Å²) in [6, 6.07) is 7.31. The van der Waals surface area contributed by atoms with Crippen LogP contribution in [0.25, 0.3) is 10.6 Å². The first kappa shape index (κ1) is 19.7. The Hall–Kier alpha value is -2.39. The second-order valence-electron chi connectivity index (χ2n) is 5.27. The van der Waals surface area contributed by atoms with Gasteiger partial charge in [-0.05, 0) is 31.0 Å². The smallest absolute Gasteiger partial charge is 0.347 e. The number of ether oxygens (including phenoxy) is 1. The first-order valence-electron chi connectivity index (χ1n) is 7.80. The van der Waals surface area contributed by atoms with E-state index in [1.807, 2.05) is 27.7 Å². The number of aromatic nitrogens is 1. The first-order valence-corrected chi connectivity index (χ1v) is 8.62. The van der Waals surface area contributed by atoms with Crippen molar-refractivity contribution in [3.05, 3.63) is 34.3 Å². The third-order valence-corrected chi connectivity index (χ3v) is 4.10. The molecular formula is C18H22N2O3S. The van der Waals surface area contributed by atoms with E-state index in [1.54, 1.807) is 25.1 Å². The Balaban J connectivity index is 0.00000139. The Morgan fingerprint density at radius 1 is 1.42 bits per heavy atom. The number of aromatic carboxylic acids is 1. The van der Waals surface area contributed by atoms with Crippen LogP contribution < -0.4 is 4.74 Å². The Morgan fingerprint density at radius 2 is 2.08 bits per heavy atom. The molecule has 1 heterocycles. The molecule has 6 heteroatoms. The van der Waals surface area contributed by atoms with E-state index in [0.717, 1.165) is 11.3 Å². The van der Waals surface area contributed by atoms with Crippen LogP contribution in [0.3, 0.4) is 0 Å². The molecule has 1 aromatic carbocycles. The summed E-state index contributed by atoms with van der Waals surface area (Å²) in [5.74, 6) is -0.0868. The number of hydrogen-bond acceptors (Lipinski definition) is 5. The van der Waals surface area contributed by atoms with Gasteiger partial charge in [-0.1, -0.05) is 27.7 Å². The van der Waals surface area contributed by atoms with Crippen molar-refractivity contribution in [2.75, 3.05) is 6.61 Å². The summed E-state index contributed by atoms with van der Waals surface area (Å²) in [4.78, 5) is 15.6. The van der Waals surface area contributed by atoms with Gasteiger partial charge in [-0.3, -0.25) is 0 Å². The second kappa shape index (κ2) is 9.04. The van der Waals surface area contributed by atoms with Gasteiger partial charge in [-0.15, -0.1) is 11.3 Å². The Bertz CT molecular complexity index is 745. The number of nitriles is 1. The van der Waals surface area contributed by atoms with E-state index >= 15 is 0 Å². The lowest BCUT2D eigenvalue weighted by atomic mass is 10.1. The Morgan fingerprint density at radius 3 is 2.58 bits per heavy atom. The molecule has 0 atom stereocenters. The van der Waals surface area contributed by atoms with Crippen LogP contribution in [-0.4, -0.2) is 22.7 Å². The van der Waals surface area contributed by atoms with Crippen LogP contribution in [-0.2, 0) is 0 Å². The maximum atomic E-state index is 11.1. The second-order valence-corrected chi connectivity index (χ2v) is 6.27. The van der Waals surface area contributed by atoms with E-state index in [4.69, 9.17) is 9.84 Å². The first-order chi connectivity index (χ1) is 11.4. The van der Waals surface area contributed by atoms with Gasteiger partial charge >= 0.3 is 5.97 Å². The third kappa shape index (κ3) is 4.80. The van der Waals surface area contributed by atoms with Crippen molar-refractivity contribution in [1.82, 2.24) is 4.98 Å². The van der Waals surface area contributed by atoms with Gasteiger partial charge in [0.2, 0.25) is 0 Å². The van der Waals surface area contributed by atoms with Crippen molar-refractivity contribution in [3.8, 4) is 22.4 Å². The minimum atomic E-state index is -0.987. The zero-order chi connectivity index (χ0) is 18.3. The van der Waals surface area contributed by atoms with Gasteiger partial charge in [-0.2, -0.15) is 5.26 Å².